The molecule has 0 N–H and O–H groups in total. The summed E-state index contributed by atoms with van der Waals surface area (Å²) in [5.74, 6) is 0.180. The molecular formula is C27H26N4O3S. The Bertz CT molecular complexity index is 1650. The fourth-order valence-corrected chi connectivity index (χ4v) is 5.76. The van der Waals surface area contributed by atoms with E-state index in [0.717, 1.165) is 20.9 Å². The van der Waals surface area contributed by atoms with Gasteiger partial charge in [0, 0.05) is 32.1 Å². The Labute approximate surface area is 205 Å². The number of hydrogen-bond donors (Lipinski definition) is 0. The smallest absolute Gasteiger partial charge is 0.331 e. The Hall–Kier alpha value is -3.62. The van der Waals surface area contributed by atoms with Gasteiger partial charge in [-0.1, -0.05) is 62.4 Å². The molecule has 1 unspecified atom stereocenters. The molecule has 0 fully saturated rings. The molecule has 7 nitrogen and oxygen atoms in total. The van der Waals surface area contributed by atoms with Crippen LogP contribution in [0, 0.1) is 5.92 Å². The molecule has 0 aliphatic carbocycles. The molecular weight excluding hydrogens is 460 g/mol. The van der Waals surface area contributed by atoms with E-state index < -0.39 is 16.7 Å². The van der Waals surface area contributed by atoms with Crippen molar-refractivity contribution in [2.24, 2.45) is 13.0 Å². The number of aromatic nitrogens is 4. The predicted molar refractivity (Wildman–Crippen MR) is 138 cm³/mol. The Kier molecular flexibility index (Phi) is 6.08. The highest BCUT2D eigenvalue weighted by molar-refractivity contribution is 7.91. The van der Waals surface area contributed by atoms with Crippen LogP contribution in [-0.4, -0.2) is 23.2 Å². The summed E-state index contributed by atoms with van der Waals surface area (Å²) in [6.45, 7) is 4.87. The molecule has 8 heteroatoms. The maximum absolute atomic E-state index is 13.9. The normalized spacial score (nSPS) is 12.6. The van der Waals surface area contributed by atoms with Crippen molar-refractivity contribution < 1.29 is 4.55 Å². The third-order valence-electron chi connectivity index (χ3n) is 6.11. The summed E-state index contributed by atoms with van der Waals surface area (Å²) in [6, 6.07) is 19.4. The van der Waals surface area contributed by atoms with Crippen molar-refractivity contribution in [3.05, 3.63) is 99.5 Å². The zero-order valence-electron chi connectivity index (χ0n) is 19.8. The van der Waals surface area contributed by atoms with E-state index in [0.29, 0.717) is 28.7 Å². The van der Waals surface area contributed by atoms with Crippen molar-refractivity contribution in [2.45, 2.75) is 37.0 Å². The second kappa shape index (κ2) is 9.20. The van der Waals surface area contributed by atoms with Gasteiger partial charge in [-0.25, -0.2) is 9.78 Å². The van der Waals surface area contributed by atoms with Crippen LogP contribution in [0.25, 0.3) is 21.7 Å². The van der Waals surface area contributed by atoms with Gasteiger partial charge in [-0.2, -0.15) is 0 Å². The van der Waals surface area contributed by atoms with E-state index in [2.05, 4.69) is 11.1 Å². The molecule has 0 saturated carbocycles. The van der Waals surface area contributed by atoms with E-state index in [1.54, 1.807) is 35.2 Å². The van der Waals surface area contributed by atoms with Crippen molar-refractivity contribution in [1.82, 2.24) is 18.7 Å². The Morgan fingerprint density at radius 3 is 2.49 bits per heavy atom. The van der Waals surface area contributed by atoms with Crippen LogP contribution in [0.1, 0.15) is 19.4 Å². The van der Waals surface area contributed by atoms with Crippen molar-refractivity contribution in [2.75, 3.05) is 0 Å². The largest absolute Gasteiger partial charge is 0.604 e. The van der Waals surface area contributed by atoms with Gasteiger partial charge in [0.1, 0.15) is 5.39 Å². The summed E-state index contributed by atoms with van der Waals surface area (Å²) < 4.78 is 18.4. The first-order chi connectivity index (χ1) is 16.9. The van der Waals surface area contributed by atoms with Crippen LogP contribution in [0.3, 0.4) is 0 Å². The van der Waals surface area contributed by atoms with Crippen LogP contribution >= 0.6 is 0 Å². The quantitative estimate of drug-likeness (QED) is 0.341. The van der Waals surface area contributed by atoms with Gasteiger partial charge in [0.25, 0.3) is 10.6 Å². The molecule has 2 aromatic carbocycles. The molecule has 178 valence electrons. The second-order valence-electron chi connectivity index (χ2n) is 9.05. The van der Waals surface area contributed by atoms with E-state index >= 15 is 0 Å². The molecule has 5 rings (SSSR count). The fourth-order valence-electron chi connectivity index (χ4n) is 4.50. The van der Waals surface area contributed by atoms with Gasteiger partial charge >= 0.3 is 5.69 Å². The van der Waals surface area contributed by atoms with Gasteiger partial charge in [0.05, 0.1) is 23.2 Å². The molecule has 35 heavy (non-hydrogen) atoms. The van der Waals surface area contributed by atoms with Crippen molar-refractivity contribution in [1.29, 1.82) is 0 Å². The summed E-state index contributed by atoms with van der Waals surface area (Å²) in [5.41, 5.74) is 0.679. The Morgan fingerprint density at radius 1 is 1.00 bits per heavy atom. The van der Waals surface area contributed by atoms with Crippen LogP contribution in [0.2, 0.25) is 0 Å². The minimum absolute atomic E-state index is 0.180. The molecule has 1 atom stereocenters. The first-order valence-corrected chi connectivity index (χ1v) is 12.6. The highest BCUT2D eigenvalue weighted by Gasteiger charge is 2.30. The van der Waals surface area contributed by atoms with Crippen LogP contribution < -0.4 is 11.2 Å². The van der Waals surface area contributed by atoms with Gasteiger partial charge in [-0.3, -0.25) is 13.9 Å². The lowest BCUT2D eigenvalue weighted by Crippen LogP contribution is -2.38. The van der Waals surface area contributed by atoms with Crippen molar-refractivity contribution in [3.8, 4) is 0 Å². The average Bonchev–Trinajstić information content (AvgIpc) is 3.24. The molecule has 3 aromatic heterocycles. The Balaban J connectivity index is 1.82. The van der Waals surface area contributed by atoms with E-state index in [1.807, 2.05) is 54.8 Å². The first-order valence-electron chi connectivity index (χ1n) is 11.5. The van der Waals surface area contributed by atoms with E-state index in [4.69, 9.17) is 0 Å². The minimum atomic E-state index is -1.73. The Morgan fingerprint density at radius 2 is 1.74 bits per heavy atom. The molecule has 5 aromatic rings. The lowest BCUT2D eigenvalue weighted by Gasteiger charge is -2.14. The maximum atomic E-state index is 13.9. The fraction of sp³-hybridized carbons (Fsp3) is 0.222. The minimum Gasteiger partial charge on any atom is -0.604 e. The monoisotopic (exact) mass is 486 g/mol. The highest BCUT2D eigenvalue weighted by Crippen LogP contribution is 2.29. The lowest BCUT2D eigenvalue weighted by atomic mass is 10.0. The van der Waals surface area contributed by atoms with E-state index in [-0.39, 0.29) is 17.0 Å². The molecule has 3 heterocycles. The first kappa shape index (κ1) is 23.1. The predicted octanol–water partition coefficient (Wildman–Crippen LogP) is 3.92. The van der Waals surface area contributed by atoms with Crippen molar-refractivity contribution in [3.63, 3.8) is 0 Å². The SMILES string of the molecule is CC(C)Cn1c(=O)n(C)c(=O)c2c([S+]([O-])c3ccccn3)n(Cc3cccc4ccccc34)cc21. The molecule has 0 aliphatic heterocycles. The average molecular weight is 487 g/mol. The van der Waals surface area contributed by atoms with Gasteiger partial charge < -0.3 is 9.12 Å². The summed E-state index contributed by atoms with van der Waals surface area (Å²) >= 11 is -1.73. The number of rotatable bonds is 6. The molecule has 0 bridgehead atoms. The van der Waals surface area contributed by atoms with Crippen LogP contribution in [0.4, 0.5) is 0 Å². The summed E-state index contributed by atoms with van der Waals surface area (Å²) in [7, 11) is 1.47. The topological polar surface area (TPSA) is 84.9 Å². The van der Waals surface area contributed by atoms with Crippen molar-refractivity contribution >= 4 is 32.9 Å². The molecule has 0 aliphatic rings. The standard InChI is InChI=1S/C27H26N4O3S/c1-18(2)15-31-22-17-30(16-20-11-8-10-19-9-4-5-12-21(19)20)26(24(22)25(32)29(3)27(31)33)35(34)23-13-6-7-14-28-23/h4-14,17-18H,15-16H2,1-3H3. The van der Waals surface area contributed by atoms with Crippen LogP contribution in [-0.2, 0) is 31.3 Å². The maximum Gasteiger partial charge on any atom is 0.331 e. The number of hydrogen-bond acceptors (Lipinski definition) is 4. The highest BCUT2D eigenvalue weighted by atomic mass is 32.2. The lowest BCUT2D eigenvalue weighted by molar-refractivity contribution is 0.502. The summed E-state index contributed by atoms with van der Waals surface area (Å²) in [4.78, 5) is 30.8. The van der Waals surface area contributed by atoms with Gasteiger partial charge in [0.2, 0.25) is 5.03 Å². The summed E-state index contributed by atoms with van der Waals surface area (Å²) in [5, 5.41) is 3.17. The number of nitrogens with zero attached hydrogens (tertiary/aromatic N) is 4. The zero-order valence-corrected chi connectivity index (χ0v) is 20.7. The molecule has 0 spiro atoms. The van der Waals surface area contributed by atoms with Crippen LogP contribution in [0.5, 0.6) is 0 Å². The van der Waals surface area contributed by atoms with Gasteiger partial charge in [-0.05, 0) is 28.3 Å². The number of benzene rings is 2. The van der Waals surface area contributed by atoms with Gasteiger partial charge in [0.15, 0.2) is 0 Å². The van der Waals surface area contributed by atoms with E-state index in [1.165, 1.54) is 7.05 Å². The molecule has 0 radical (unpaired) electrons. The van der Waals surface area contributed by atoms with Crippen LogP contribution in [0.15, 0.2) is 92.7 Å². The second-order valence-corrected chi connectivity index (χ2v) is 10.4. The number of fused-ring (bicyclic) bond motifs is 2. The third-order valence-corrected chi connectivity index (χ3v) is 7.52. The molecule has 0 amide bonds. The zero-order chi connectivity index (χ0) is 24.7. The number of pyridine rings is 1. The van der Waals surface area contributed by atoms with Gasteiger partial charge in [-0.15, -0.1) is 0 Å². The third kappa shape index (κ3) is 4.09. The molecule has 0 saturated heterocycles. The summed E-state index contributed by atoms with van der Waals surface area (Å²) in [6.07, 6.45) is 3.37. The van der Waals surface area contributed by atoms with E-state index in [9.17, 15) is 14.1 Å².